The molecule has 0 aromatic rings. The summed E-state index contributed by atoms with van der Waals surface area (Å²) in [4.78, 5) is 2.36. The van der Waals surface area contributed by atoms with Crippen LogP contribution in [0.25, 0.3) is 0 Å². The van der Waals surface area contributed by atoms with Crippen LogP contribution < -0.4 is 5.32 Å². The van der Waals surface area contributed by atoms with Gasteiger partial charge in [0.15, 0.2) is 0 Å². The molecule has 0 amide bonds. The van der Waals surface area contributed by atoms with Crippen LogP contribution in [0.2, 0.25) is 0 Å². The summed E-state index contributed by atoms with van der Waals surface area (Å²) in [5, 5.41) is 3.69. The van der Waals surface area contributed by atoms with Gasteiger partial charge in [-0.15, -0.1) is 0 Å². The van der Waals surface area contributed by atoms with Crippen LogP contribution in [-0.4, -0.2) is 37.1 Å². The summed E-state index contributed by atoms with van der Waals surface area (Å²) >= 11 is 0. The molecule has 1 atom stereocenters. The number of nitrogens with one attached hydrogen (secondary N) is 1. The summed E-state index contributed by atoms with van der Waals surface area (Å²) in [7, 11) is 4.39. The van der Waals surface area contributed by atoms with Crippen molar-refractivity contribution in [3.63, 3.8) is 0 Å². The van der Waals surface area contributed by atoms with Crippen molar-refractivity contribution in [1.82, 2.24) is 10.2 Å². The van der Waals surface area contributed by atoms with Crippen LogP contribution in [0, 0.1) is 5.92 Å². The summed E-state index contributed by atoms with van der Waals surface area (Å²) in [5.74, 6) is 0.961. The number of likely N-dealkylation sites (N-methyl/N-ethyl adjacent to an activating group) is 2. The first-order valence-corrected chi connectivity index (χ1v) is 6.89. The minimum Gasteiger partial charge on any atom is -0.312 e. The van der Waals surface area contributed by atoms with E-state index in [-0.39, 0.29) is 5.54 Å². The molecule has 0 saturated heterocycles. The molecule has 16 heavy (non-hydrogen) atoms. The van der Waals surface area contributed by atoms with Gasteiger partial charge in [0.1, 0.15) is 0 Å². The van der Waals surface area contributed by atoms with Gasteiger partial charge in [0.05, 0.1) is 0 Å². The Balaban J connectivity index is 2.58. The van der Waals surface area contributed by atoms with Gasteiger partial charge in [0, 0.05) is 11.6 Å². The first-order valence-electron chi connectivity index (χ1n) is 6.89. The van der Waals surface area contributed by atoms with Gasteiger partial charge in [-0.05, 0) is 46.8 Å². The summed E-state index contributed by atoms with van der Waals surface area (Å²) in [6.45, 7) is 8.01. The van der Waals surface area contributed by atoms with E-state index in [0.29, 0.717) is 6.04 Å². The molecule has 0 aliphatic heterocycles. The van der Waals surface area contributed by atoms with E-state index >= 15 is 0 Å². The topological polar surface area (TPSA) is 15.3 Å². The predicted molar refractivity (Wildman–Crippen MR) is 71.8 cm³/mol. The van der Waals surface area contributed by atoms with Gasteiger partial charge >= 0.3 is 0 Å². The molecule has 0 spiro atoms. The Morgan fingerprint density at radius 1 is 1.25 bits per heavy atom. The highest BCUT2D eigenvalue weighted by atomic mass is 15.2. The maximum atomic E-state index is 3.69. The Morgan fingerprint density at radius 2 is 1.81 bits per heavy atom. The second kappa shape index (κ2) is 6.02. The van der Waals surface area contributed by atoms with Crippen LogP contribution in [0.5, 0.6) is 0 Å². The van der Waals surface area contributed by atoms with Crippen molar-refractivity contribution in [2.45, 2.75) is 64.5 Å². The highest BCUT2D eigenvalue weighted by molar-refractivity contribution is 4.92. The average Bonchev–Trinajstić information content (AvgIpc) is 2.69. The lowest BCUT2D eigenvalue weighted by Crippen LogP contribution is -2.55. The van der Waals surface area contributed by atoms with E-state index < -0.39 is 0 Å². The fourth-order valence-electron chi connectivity index (χ4n) is 2.76. The lowest BCUT2D eigenvalue weighted by atomic mass is 9.85. The second-order valence-electron chi connectivity index (χ2n) is 6.04. The highest BCUT2D eigenvalue weighted by Gasteiger charge is 2.33. The van der Waals surface area contributed by atoms with Crippen molar-refractivity contribution in [3.05, 3.63) is 0 Å². The molecular weight excluding hydrogens is 196 g/mol. The zero-order valence-electron chi connectivity index (χ0n) is 11.8. The molecule has 1 unspecified atom stereocenters. The van der Waals surface area contributed by atoms with Gasteiger partial charge in [-0.3, -0.25) is 0 Å². The maximum Gasteiger partial charge on any atom is 0.0300 e. The van der Waals surface area contributed by atoms with E-state index in [4.69, 9.17) is 0 Å². The normalized spacial score (nSPS) is 20.6. The molecule has 0 aromatic carbocycles. The molecule has 96 valence electrons. The molecule has 2 nitrogen and oxygen atoms in total. The van der Waals surface area contributed by atoms with Crippen molar-refractivity contribution >= 4 is 0 Å². The SMILES string of the molecule is CCNC(CC1CCCC1)C(C)(C)N(C)C. The first kappa shape index (κ1) is 14.0. The van der Waals surface area contributed by atoms with Gasteiger partial charge in [-0.1, -0.05) is 32.6 Å². The lowest BCUT2D eigenvalue weighted by Gasteiger charge is -2.41. The van der Waals surface area contributed by atoms with Gasteiger partial charge in [-0.2, -0.15) is 0 Å². The summed E-state index contributed by atoms with van der Waals surface area (Å²) in [6.07, 6.45) is 7.15. The Labute approximate surface area is 102 Å². The fraction of sp³-hybridized carbons (Fsp3) is 1.00. The van der Waals surface area contributed by atoms with E-state index in [9.17, 15) is 0 Å². The van der Waals surface area contributed by atoms with Gasteiger partial charge < -0.3 is 10.2 Å². The first-order chi connectivity index (χ1) is 7.48. The summed E-state index contributed by atoms with van der Waals surface area (Å²) < 4.78 is 0. The van der Waals surface area contributed by atoms with Crippen LogP contribution in [0.1, 0.15) is 52.9 Å². The smallest absolute Gasteiger partial charge is 0.0300 e. The lowest BCUT2D eigenvalue weighted by molar-refractivity contribution is 0.122. The number of rotatable bonds is 6. The average molecular weight is 226 g/mol. The molecule has 1 saturated carbocycles. The zero-order valence-corrected chi connectivity index (χ0v) is 11.8. The minimum absolute atomic E-state index is 0.249. The van der Waals surface area contributed by atoms with Crippen LogP contribution in [-0.2, 0) is 0 Å². The minimum atomic E-state index is 0.249. The van der Waals surface area contributed by atoms with Crippen molar-refractivity contribution in [2.75, 3.05) is 20.6 Å². The molecule has 0 radical (unpaired) electrons. The largest absolute Gasteiger partial charge is 0.312 e. The van der Waals surface area contributed by atoms with Gasteiger partial charge in [-0.25, -0.2) is 0 Å². The van der Waals surface area contributed by atoms with Crippen LogP contribution in [0.15, 0.2) is 0 Å². The molecule has 1 aliphatic rings. The Kier molecular flexibility index (Phi) is 5.26. The molecule has 0 bridgehead atoms. The number of hydrogen-bond donors (Lipinski definition) is 1. The van der Waals surface area contributed by atoms with E-state index in [0.717, 1.165) is 12.5 Å². The van der Waals surface area contributed by atoms with Crippen molar-refractivity contribution < 1.29 is 0 Å². The monoisotopic (exact) mass is 226 g/mol. The van der Waals surface area contributed by atoms with Crippen LogP contribution >= 0.6 is 0 Å². The Hall–Kier alpha value is -0.0800. The van der Waals surface area contributed by atoms with Gasteiger partial charge in [0.2, 0.25) is 0 Å². The second-order valence-corrected chi connectivity index (χ2v) is 6.04. The standard InChI is InChI=1S/C14H30N2/c1-6-15-13(14(2,3)16(4)5)11-12-9-7-8-10-12/h12-13,15H,6-11H2,1-5H3. The maximum absolute atomic E-state index is 3.69. The highest BCUT2D eigenvalue weighted by Crippen LogP contribution is 2.32. The van der Waals surface area contributed by atoms with E-state index in [2.05, 4.69) is 45.1 Å². The van der Waals surface area contributed by atoms with Crippen molar-refractivity contribution in [2.24, 2.45) is 5.92 Å². The van der Waals surface area contributed by atoms with E-state index in [1.54, 1.807) is 0 Å². The third-order valence-electron chi connectivity index (χ3n) is 4.50. The van der Waals surface area contributed by atoms with Crippen LogP contribution in [0.3, 0.4) is 0 Å². The summed E-state index contributed by atoms with van der Waals surface area (Å²) in [5.41, 5.74) is 0.249. The molecule has 1 fully saturated rings. The summed E-state index contributed by atoms with van der Waals surface area (Å²) in [6, 6.07) is 0.621. The molecule has 1 aliphatic carbocycles. The molecule has 1 rings (SSSR count). The van der Waals surface area contributed by atoms with Crippen molar-refractivity contribution in [1.29, 1.82) is 0 Å². The predicted octanol–water partition coefficient (Wildman–Crippen LogP) is 2.89. The molecular formula is C14H30N2. The molecule has 0 aromatic heterocycles. The third-order valence-corrected chi connectivity index (χ3v) is 4.50. The van der Waals surface area contributed by atoms with Crippen LogP contribution in [0.4, 0.5) is 0 Å². The molecule has 2 heteroatoms. The fourth-order valence-corrected chi connectivity index (χ4v) is 2.76. The Morgan fingerprint density at radius 3 is 2.25 bits per heavy atom. The molecule has 1 N–H and O–H groups in total. The van der Waals surface area contributed by atoms with Gasteiger partial charge in [0.25, 0.3) is 0 Å². The number of nitrogens with zero attached hydrogens (tertiary/aromatic N) is 1. The third kappa shape index (κ3) is 3.46. The Bertz CT molecular complexity index is 193. The zero-order chi connectivity index (χ0) is 12.2. The van der Waals surface area contributed by atoms with E-state index in [1.807, 2.05) is 0 Å². The quantitative estimate of drug-likeness (QED) is 0.749. The molecule has 0 heterocycles. The van der Waals surface area contributed by atoms with E-state index in [1.165, 1.54) is 32.1 Å². The number of hydrogen-bond acceptors (Lipinski definition) is 2. The van der Waals surface area contributed by atoms with Crippen molar-refractivity contribution in [3.8, 4) is 0 Å².